The van der Waals surface area contributed by atoms with Crippen molar-refractivity contribution < 1.29 is 18.6 Å². The van der Waals surface area contributed by atoms with Gasteiger partial charge in [-0.2, -0.15) is 36.4 Å². The summed E-state index contributed by atoms with van der Waals surface area (Å²) < 4.78 is 0. The maximum absolute atomic E-state index is 4.64. The molecule has 2 rings (SSSR count). The van der Waals surface area contributed by atoms with Gasteiger partial charge in [-0.15, -0.1) is 11.6 Å². The van der Waals surface area contributed by atoms with Crippen LogP contribution in [0.1, 0.15) is 0 Å². The second-order valence-corrected chi connectivity index (χ2v) is 1.92. The average molecular weight is 232 g/mol. The van der Waals surface area contributed by atoms with Crippen LogP contribution in [-0.4, -0.2) is 6.38 Å². The normalized spacial score (nSPS) is 6.62. The first-order chi connectivity index (χ1) is 6.00. The Morgan fingerprint density at radius 2 is 0.923 bits per heavy atom. The molecule has 2 heteroatoms. The molecular formula is C11H13ClV. The van der Waals surface area contributed by atoms with Crippen molar-refractivity contribution in [2.24, 2.45) is 0 Å². The van der Waals surface area contributed by atoms with Crippen LogP contribution in [-0.2, 0) is 18.6 Å². The smallest absolute Gasteiger partial charge is 0.214 e. The van der Waals surface area contributed by atoms with Crippen LogP contribution in [0.2, 0.25) is 0 Å². The molecule has 2 aromatic carbocycles. The van der Waals surface area contributed by atoms with Gasteiger partial charge >= 0.3 is 18.6 Å². The largest absolute Gasteiger partial charge is 2.00 e. The molecule has 0 aliphatic rings. The molecule has 0 nitrogen and oxygen atoms in total. The summed E-state index contributed by atoms with van der Waals surface area (Å²) in [5.74, 6) is 0. The van der Waals surface area contributed by atoms with Crippen LogP contribution in [0.3, 0.4) is 0 Å². The number of hydrogen-bond acceptors (Lipinski definition) is 0. The number of hydrogen-bond donors (Lipinski definition) is 0. The molecule has 0 unspecified atom stereocenters. The van der Waals surface area contributed by atoms with Gasteiger partial charge in [0, 0.05) is 6.38 Å². The van der Waals surface area contributed by atoms with E-state index in [0.717, 1.165) is 0 Å². The van der Waals surface area contributed by atoms with Crippen molar-refractivity contribution in [1.29, 1.82) is 0 Å². The van der Waals surface area contributed by atoms with E-state index in [1.54, 1.807) is 0 Å². The van der Waals surface area contributed by atoms with E-state index < -0.39 is 0 Å². The second-order valence-electron chi connectivity index (χ2n) is 1.92. The van der Waals surface area contributed by atoms with Crippen LogP contribution >= 0.6 is 11.6 Å². The van der Waals surface area contributed by atoms with Crippen molar-refractivity contribution in [1.82, 2.24) is 0 Å². The van der Waals surface area contributed by atoms with Gasteiger partial charge in [0.25, 0.3) is 0 Å². The van der Waals surface area contributed by atoms with E-state index in [4.69, 9.17) is 0 Å². The Kier molecular flexibility index (Phi) is 16.4. The van der Waals surface area contributed by atoms with E-state index >= 15 is 0 Å². The molecule has 1 radical (unpaired) electrons. The fraction of sp³-hybridized carbons (Fsp3) is 0.0909. The summed E-state index contributed by atoms with van der Waals surface area (Å²) in [4.78, 5) is 0. The van der Waals surface area contributed by atoms with Crippen molar-refractivity contribution >= 4 is 11.6 Å². The number of halogens is 1. The Bertz CT molecular complexity index is 149. The molecule has 0 bridgehead atoms. The summed E-state index contributed by atoms with van der Waals surface area (Å²) >= 11 is 4.64. The molecule has 0 saturated heterocycles. The van der Waals surface area contributed by atoms with Crippen LogP contribution < -0.4 is 0 Å². The maximum Gasteiger partial charge on any atom is 2.00 e. The molecule has 69 valence electrons. The number of rotatable bonds is 0. The van der Waals surface area contributed by atoms with Crippen molar-refractivity contribution in [3.05, 3.63) is 60.7 Å². The van der Waals surface area contributed by atoms with Crippen LogP contribution in [0.15, 0.2) is 60.7 Å². The molecule has 0 aliphatic heterocycles. The fourth-order valence-corrected chi connectivity index (χ4v) is 0.642. The van der Waals surface area contributed by atoms with Gasteiger partial charge in [0.1, 0.15) is 0 Å². The van der Waals surface area contributed by atoms with Crippen molar-refractivity contribution in [3.63, 3.8) is 0 Å². The fourth-order valence-electron chi connectivity index (χ4n) is 0.642. The van der Waals surface area contributed by atoms with Gasteiger partial charge in [0.2, 0.25) is 0 Å². The van der Waals surface area contributed by atoms with Crippen LogP contribution in [0.25, 0.3) is 0 Å². The molecule has 0 spiro atoms. The van der Waals surface area contributed by atoms with Crippen LogP contribution in [0.5, 0.6) is 0 Å². The van der Waals surface area contributed by atoms with Gasteiger partial charge in [-0.1, -0.05) is 0 Å². The van der Waals surface area contributed by atoms with E-state index in [1.165, 1.54) is 6.38 Å². The predicted octanol–water partition coefficient (Wildman–Crippen LogP) is 3.66. The zero-order valence-corrected chi connectivity index (χ0v) is 9.75. The quantitative estimate of drug-likeness (QED) is 0.479. The summed E-state index contributed by atoms with van der Waals surface area (Å²) in [6.45, 7) is 0. The minimum atomic E-state index is 0. The van der Waals surface area contributed by atoms with Gasteiger partial charge < -0.3 is 0 Å². The third-order valence-electron chi connectivity index (χ3n) is 1.11. The van der Waals surface area contributed by atoms with Crippen molar-refractivity contribution in [2.45, 2.75) is 0 Å². The standard InChI is InChI=1S/2C5H5.CH3Cl.V/c2*1-2-4-5-3-1;1-2;/h2*1-5H;1H3;/q2*-1;;+2. The molecule has 2 aromatic rings. The van der Waals surface area contributed by atoms with Crippen molar-refractivity contribution in [3.8, 4) is 0 Å². The summed E-state index contributed by atoms with van der Waals surface area (Å²) in [7, 11) is 0. The number of alkyl halides is 1. The summed E-state index contributed by atoms with van der Waals surface area (Å²) in [5, 5.41) is 0. The third kappa shape index (κ3) is 11.6. The SMILES string of the molecule is CCl.[V+2].c1cc[cH-]c1.c1cc[cH-]c1. The molecule has 0 saturated carbocycles. The van der Waals surface area contributed by atoms with E-state index in [2.05, 4.69) is 11.6 Å². The Morgan fingerprint density at radius 3 is 1.00 bits per heavy atom. The molecule has 0 heterocycles. The second kappa shape index (κ2) is 14.1. The van der Waals surface area contributed by atoms with E-state index in [0.29, 0.717) is 0 Å². The Hall–Kier alpha value is -0.426. The molecule has 0 atom stereocenters. The molecule has 0 amide bonds. The minimum Gasteiger partial charge on any atom is -0.214 e. The van der Waals surface area contributed by atoms with E-state index in [1.807, 2.05) is 60.7 Å². The first-order valence-electron chi connectivity index (χ1n) is 3.71. The van der Waals surface area contributed by atoms with E-state index in [-0.39, 0.29) is 18.6 Å². The summed E-state index contributed by atoms with van der Waals surface area (Å²) in [5.41, 5.74) is 0. The third-order valence-corrected chi connectivity index (χ3v) is 1.11. The molecular weight excluding hydrogens is 219 g/mol. The Labute approximate surface area is 97.2 Å². The molecule has 0 aliphatic carbocycles. The molecule has 0 N–H and O–H groups in total. The summed E-state index contributed by atoms with van der Waals surface area (Å²) in [6, 6.07) is 20.0. The molecule has 0 fully saturated rings. The predicted molar refractivity (Wildman–Crippen MR) is 55.8 cm³/mol. The minimum absolute atomic E-state index is 0. The topological polar surface area (TPSA) is 0 Å². The molecule has 0 aromatic heterocycles. The zero-order chi connectivity index (χ0) is 9.07. The van der Waals surface area contributed by atoms with Gasteiger partial charge in [-0.05, 0) is 0 Å². The van der Waals surface area contributed by atoms with Gasteiger partial charge in [0.05, 0.1) is 0 Å². The monoisotopic (exact) mass is 231 g/mol. The zero-order valence-electron chi connectivity index (χ0n) is 7.60. The van der Waals surface area contributed by atoms with Crippen LogP contribution in [0, 0.1) is 0 Å². The van der Waals surface area contributed by atoms with Gasteiger partial charge in [-0.3, -0.25) is 0 Å². The maximum atomic E-state index is 4.64. The Morgan fingerprint density at radius 1 is 0.692 bits per heavy atom. The molecule has 13 heavy (non-hydrogen) atoms. The first kappa shape index (κ1) is 15.1. The van der Waals surface area contributed by atoms with Gasteiger partial charge in [-0.25, -0.2) is 24.3 Å². The van der Waals surface area contributed by atoms with E-state index in [9.17, 15) is 0 Å². The summed E-state index contributed by atoms with van der Waals surface area (Å²) in [6.07, 6.45) is 1.47. The van der Waals surface area contributed by atoms with Gasteiger partial charge in [0.15, 0.2) is 0 Å². The first-order valence-corrected chi connectivity index (χ1v) is 4.47. The average Bonchev–Trinajstić information content (AvgIpc) is 2.87. The van der Waals surface area contributed by atoms with Crippen LogP contribution in [0.4, 0.5) is 0 Å². The van der Waals surface area contributed by atoms with Crippen molar-refractivity contribution in [2.75, 3.05) is 6.38 Å². The Balaban J connectivity index is 0.